The summed E-state index contributed by atoms with van der Waals surface area (Å²) in [6.45, 7) is 2.26. The van der Waals surface area contributed by atoms with E-state index in [4.69, 9.17) is 4.74 Å². The number of ether oxygens (including phenoxy) is 1. The van der Waals surface area contributed by atoms with Gasteiger partial charge in [-0.2, -0.15) is 0 Å². The average molecular weight is 273 g/mol. The largest absolute Gasteiger partial charge is 0.481 e. The molecule has 0 fully saturated rings. The van der Waals surface area contributed by atoms with Crippen molar-refractivity contribution in [2.24, 2.45) is 0 Å². The highest BCUT2D eigenvalue weighted by Crippen LogP contribution is 2.06. The fraction of sp³-hybridized carbons (Fsp3) is 0.400. The molecule has 0 bridgehead atoms. The maximum atomic E-state index is 11.2. The van der Waals surface area contributed by atoms with Crippen LogP contribution < -0.4 is 10.1 Å². The van der Waals surface area contributed by atoms with Crippen molar-refractivity contribution in [3.05, 3.63) is 23.9 Å². The Morgan fingerprint density at radius 2 is 2.40 bits per heavy atom. The molecule has 1 N–H and O–H groups in total. The number of nitrogens with zero attached hydrogens (tertiary/aromatic N) is 1. The summed E-state index contributed by atoms with van der Waals surface area (Å²) in [6, 6.07) is 3.63. The van der Waals surface area contributed by atoms with E-state index in [1.54, 1.807) is 26.3 Å². The lowest BCUT2D eigenvalue weighted by Crippen LogP contribution is -2.28. The Morgan fingerprint density at radius 3 is 2.87 bits per heavy atom. The molecule has 5 heteroatoms. The third kappa shape index (κ3) is 3.87. The summed E-state index contributed by atoms with van der Waals surface area (Å²) in [5, 5.41) is 2.77. The first kappa shape index (κ1) is 12.0. The zero-order chi connectivity index (χ0) is 11.3. The van der Waals surface area contributed by atoms with Gasteiger partial charge in [-0.05, 0) is 12.5 Å². The molecule has 0 aromatic carbocycles. The smallest absolute Gasteiger partial charge is 0.233 e. The van der Waals surface area contributed by atoms with Crippen molar-refractivity contribution < 1.29 is 9.53 Å². The molecule has 0 spiro atoms. The fourth-order valence-electron chi connectivity index (χ4n) is 0.966. The summed E-state index contributed by atoms with van der Waals surface area (Å²) in [5.74, 6) is 0.532. The van der Waals surface area contributed by atoms with Crippen LogP contribution in [0.1, 0.15) is 12.5 Å². The minimum absolute atomic E-state index is 0.0363. The predicted octanol–water partition coefficient (Wildman–Crippen LogP) is 1.49. The Kier molecular flexibility index (Phi) is 4.55. The molecule has 0 saturated heterocycles. The van der Waals surface area contributed by atoms with Gasteiger partial charge in [0, 0.05) is 18.8 Å². The lowest BCUT2D eigenvalue weighted by molar-refractivity contribution is -0.120. The van der Waals surface area contributed by atoms with E-state index in [1.165, 1.54) is 0 Å². The van der Waals surface area contributed by atoms with Crippen molar-refractivity contribution >= 4 is 21.8 Å². The molecule has 1 heterocycles. The van der Waals surface area contributed by atoms with Gasteiger partial charge in [0.05, 0.1) is 11.9 Å². The average Bonchev–Trinajstić information content (AvgIpc) is 2.26. The number of carbonyl (C=O) groups is 1. The van der Waals surface area contributed by atoms with E-state index in [9.17, 15) is 4.79 Å². The number of methoxy groups -OCH3 is 1. The fourth-order valence-corrected chi connectivity index (χ4v) is 1.13. The van der Waals surface area contributed by atoms with Crippen LogP contribution in [0.25, 0.3) is 0 Å². The lowest BCUT2D eigenvalue weighted by atomic mass is 10.3. The number of rotatable bonds is 4. The van der Waals surface area contributed by atoms with Crippen LogP contribution in [-0.2, 0) is 11.3 Å². The predicted molar refractivity (Wildman–Crippen MR) is 61.0 cm³/mol. The van der Waals surface area contributed by atoms with Crippen molar-refractivity contribution in [3.63, 3.8) is 0 Å². The molecule has 15 heavy (non-hydrogen) atoms. The molecule has 1 atom stereocenters. The van der Waals surface area contributed by atoms with E-state index in [0.717, 1.165) is 5.56 Å². The van der Waals surface area contributed by atoms with Gasteiger partial charge in [0.1, 0.15) is 0 Å². The van der Waals surface area contributed by atoms with Crippen molar-refractivity contribution in [2.75, 3.05) is 7.11 Å². The summed E-state index contributed by atoms with van der Waals surface area (Å²) >= 11 is 3.19. The SMILES string of the molecule is COc1ccc(CNC(=O)C(C)Br)cn1. The van der Waals surface area contributed by atoms with Gasteiger partial charge in [-0.15, -0.1) is 0 Å². The number of carbonyl (C=O) groups excluding carboxylic acids is 1. The molecular weight excluding hydrogens is 260 g/mol. The molecular formula is C10H13BrN2O2. The highest BCUT2D eigenvalue weighted by molar-refractivity contribution is 9.10. The number of aromatic nitrogens is 1. The van der Waals surface area contributed by atoms with Crippen LogP contribution in [0, 0.1) is 0 Å². The highest BCUT2D eigenvalue weighted by Gasteiger charge is 2.07. The van der Waals surface area contributed by atoms with Crippen molar-refractivity contribution in [1.29, 1.82) is 0 Å². The number of hydrogen-bond donors (Lipinski definition) is 1. The number of hydrogen-bond acceptors (Lipinski definition) is 3. The third-order valence-electron chi connectivity index (χ3n) is 1.83. The minimum atomic E-state index is -0.177. The molecule has 0 aliphatic rings. The van der Waals surface area contributed by atoms with Gasteiger partial charge in [0.2, 0.25) is 11.8 Å². The number of alkyl halides is 1. The zero-order valence-electron chi connectivity index (χ0n) is 8.66. The van der Waals surface area contributed by atoms with E-state index in [2.05, 4.69) is 26.2 Å². The first-order valence-electron chi connectivity index (χ1n) is 4.54. The van der Waals surface area contributed by atoms with Gasteiger partial charge in [-0.3, -0.25) is 4.79 Å². The van der Waals surface area contributed by atoms with Crippen LogP contribution in [0.15, 0.2) is 18.3 Å². The quantitative estimate of drug-likeness (QED) is 0.845. The Labute approximate surface area is 97.2 Å². The summed E-state index contributed by atoms with van der Waals surface area (Å²) < 4.78 is 4.93. The third-order valence-corrected chi connectivity index (χ3v) is 2.25. The molecule has 82 valence electrons. The molecule has 1 aromatic heterocycles. The minimum Gasteiger partial charge on any atom is -0.481 e. The second-order valence-corrected chi connectivity index (χ2v) is 4.42. The number of halogens is 1. The van der Waals surface area contributed by atoms with Gasteiger partial charge in [-0.25, -0.2) is 4.98 Å². The van der Waals surface area contributed by atoms with E-state index >= 15 is 0 Å². The maximum absolute atomic E-state index is 11.2. The molecule has 1 rings (SSSR count). The van der Waals surface area contributed by atoms with E-state index in [-0.39, 0.29) is 10.7 Å². The van der Waals surface area contributed by atoms with Crippen molar-refractivity contribution in [2.45, 2.75) is 18.3 Å². The normalized spacial score (nSPS) is 11.9. The Hall–Kier alpha value is -1.10. The second kappa shape index (κ2) is 5.70. The Morgan fingerprint density at radius 1 is 1.67 bits per heavy atom. The van der Waals surface area contributed by atoms with Crippen LogP contribution in [-0.4, -0.2) is 22.8 Å². The number of amides is 1. The zero-order valence-corrected chi connectivity index (χ0v) is 10.2. The lowest BCUT2D eigenvalue weighted by Gasteiger charge is -2.06. The van der Waals surface area contributed by atoms with Gasteiger partial charge in [0.25, 0.3) is 0 Å². The first-order chi connectivity index (χ1) is 7.13. The van der Waals surface area contributed by atoms with Crippen LogP contribution in [0.4, 0.5) is 0 Å². The Balaban J connectivity index is 2.47. The maximum Gasteiger partial charge on any atom is 0.233 e. The van der Waals surface area contributed by atoms with Gasteiger partial charge in [0.15, 0.2) is 0 Å². The molecule has 1 amide bonds. The van der Waals surface area contributed by atoms with Gasteiger partial charge >= 0.3 is 0 Å². The second-order valence-electron chi connectivity index (χ2n) is 3.04. The molecule has 0 radical (unpaired) electrons. The topological polar surface area (TPSA) is 51.2 Å². The van der Waals surface area contributed by atoms with Crippen molar-refractivity contribution in [3.8, 4) is 5.88 Å². The highest BCUT2D eigenvalue weighted by atomic mass is 79.9. The standard InChI is InChI=1S/C10H13BrN2O2/c1-7(11)10(14)13-6-8-3-4-9(15-2)12-5-8/h3-5,7H,6H2,1-2H3,(H,13,14). The van der Waals surface area contributed by atoms with E-state index in [0.29, 0.717) is 12.4 Å². The molecule has 1 unspecified atom stereocenters. The first-order valence-corrected chi connectivity index (χ1v) is 5.45. The van der Waals surface area contributed by atoms with Gasteiger partial charge < -0.3 is 10.1 Å². The van der Waals surface area contributed by atoms with Gasteiger partial charge in [-0.1, -0.05) is 22.0 Å². The van der Waals surface area contributed by atoms with E-state index in [1.807, 2.05) is 6.07 Å². The summed E-state index contributed by atoms with van der Waals surface area (Å²) in [5.41, 5.74) is 0.942. The molecule has 0 aliphatic carbocycles. The van der Waals surface area contributed by atoms with Crippen LogP contribution in [0.5, 0.6) is 5.88 Å². The molecule has 0 aliphatic heterocycles. The molecule has 4 nitrogen and oxygen atoms in total. The molecule has 1 aromatic rings. The summed E-state index contributed by atoms with van der Waals surface area (Å²) in [4.78, 5) is 15.1. The number of nitrogens with one attached hydrogen (secondary N) is 1. The van der Waals surface area contributed by atoms with Crippen molar-refractivity contribution in [1.82, 2.24) is 10.3 Å². The monoisotopic (exact) mass is 272 g/mol. The summed E-state index contributed by atoms with van der Waals surface area (Å²) in [7, 11) is 1.57. The van der Waals surface area contributed by atoms with Crippen LogP contribution >= 0.6 is 15.9 Å². The van der Waals surface area contributed by atoms with Crippen LogP contribution in [0.3, 0.4) is 0 Å². The number of pyridine rings is 1. The van der Waals surface area contributed by atoms with Crippen LogP contribution in [0.2, 0.25) is 0 Å². The molecule has 0 saturated carbocycles. The van der Waals surface area contributed by atoms with E-state index < -0.39 is 0 Å². The Bertz CT molecular complexity index is 325. The summed E-state index contributed by atoms with van der Waals surface area (Å²) in [6.07, 6.45) is 1.68.